The zero-order valence-electron chi connectivity index (χ0n) is 15.2. The van der Waals surface area contributed by atoms with Gasteiger partial charge in [0.2, 0.25) is 0 Å². The summed E-state index contributed by atoms with van der Waals surface area (Å²) in [5.41, 5.74) is 4.06. The number of hydrogen-bond acceptors (Lipinski definition) is 3. The molecule has 0 saturated carbocycles. The number of hydrogen-bond donors (Lipinski definition) is 1. The molecule has 1 aliphatic heterocycles. The van der Waals surface area contributed by atoms with Crippen molar-refractivity contribution in [3.05, 3.63) is 81.9 Å². The van der Waals surface area contributed by atoms with Crippen molar-refractivity contribution in [1.29, 1.82) is 0 Å². The monoisotopic (exact) mass is 418 g/mol. The molecule has 0 spiro atoms. The predicted octanol–water partition coefficient (Wildman–Crippen LogP) is 4.42. The summed E-state index contributed by atoms with van der Waals surface area (Å²) < 4.78 is 0. The largest absolute Gasteiger partial charge is 0.298 e. The van der Waals surface area contributed by atoms with Crippen molar-refractivity contribution >= 4 is 63.3 Å². The van der Waals surface area contributed by atoms with Crippen LogP contribution in [0, 0.1) is 0 Å². The molecule has 6 heteroatoms. The summed E-state index contributed by atoms with van der Waals surface area (Å²) in [6.07, 6.45) is 3.69. The third kappa shape index (κ3) is 2.94. The summed E-state index contributed by atoms with van der Waals surface area (Å²) in [5.74, 6) is -0.946. The van der Waals surface area contributed by atoms with E-state index in [1.807, 2.05) is 18.2 Å². The van der Waals surface area contributed by atoms with Gasteiger partial charge < -0.3 is 0 Å². The minimum Gasteiger partial charge on any atom is -0.298 e. The molecule has 1 N–H and O–H groups in total. The second-order valence-electron chi connectivity index (χ2n) is 7.09. The van der Waals surface area contributed by atoms with E-state index in [1.54, 1.807) is 30.3 Å². The lowest BCUT2D eigenvalue weighted by atomic mass is 9.97. The van der Waals surface area contributed by atoms with E-state index in [4.69, 9.17) is 23.8 Å². The number of anilines is 1. The minimum absolute atomic E-state index is 0.0484. The highest BCUT2D eigenvalue weighted by molar-refractivity contribution is 7.80. The molecule has 0 bridgehead atoms. The summed E-state index contributed by atoms with van der Waals surface area (Å²) in [4.78, 5) is 27.1. The van der Waals surface area contributed by atoms with Gasteiger partial charge in [-0.15, -0.1) is 0 Å². The molecule has 1 heterocycles. The van der Waals surface area contributed by atoms with Crippen molar-refractivity contribution in [2.45, 2.75) is 12.8 Å². The summed E-state index contributed by atoms with van der Waals surface area (Å²) in [6, 6.07) is 17.0. The molecule has 4 nitrogen and oxygen atoms in total. The van der Waals surface area contributed by atoms with E-state index in [-0.39, 0.29) is 10.7 Å². The molecule has 1 saturated heterocycles. The average Bonchev–Trinajstić information content (AvgIpc) is 3.13. The highest BCUT2D eigenvalue weighted by Crippen LogP contribution is 2.34. The fourth-order valence-corrected chi connectivity index (χ4v) is 4.44. The van der Waals surface area contributed by atoms with Crippen LogP contribution in [-0.4, -0.2) is 16.9 Å². The third-order valence-electron chi connectivity index (χ3n) is 5.40. The Morgan fingerprint density at radius 2 is 1.69 bits per heavy atom. The third-order valence-corrected chi connectivity index (χ3v) is 5.93. The molecule has 0 radical (unpaired) electrons. The van der Waals surface area contributed by atoms with Crippen LogP contribution in [0.15, 0.2) is 60.2 Å². The Hall–Kier alpha value is -3.02. The number of nitrogens with one attached hydrogen (secondary N) is 1. The van der Waals surface area contributed by atoms with Crippen molar-refractivity contribution in [1.82, 2.24) is 5.32 Å². The van der Waals surface area contributed by atoms with E-state index in [0.717, 1.165) is 23.8 Å². The molecule has 29 heavy (non-hydrogen) atoms. The second kappa shape index (κ2) is 6.79. The van der Waals surface area contributed by atoms with E-state index in [2.05, 4.69) is 17.4 Å². The van der Waals surface area contributed by atoms with Crippen LogP contribution in [-0.2, 0) is 22.4 Å². The number of carbonyl (C=O) groups is 2. The topological polar surface area (TPSA) is 49.4 Å². The van der Waals surface area contributed by atoms with Crippen LogP contribution in [0.1, 0.15) is 16.7 Å². The number of aryl methyl sites for hydroxylation is 2. The van der Waals surface area contributed by atoms with Crippen molar-refractivity contribution in [2.24, 2.45) is 0 Å². The highest BCUT2D eigenvalue weighted by atomic mass is 35.5. The van der Waals surface area contributed by atoms with E-state index in [9.17, 15) is 9.59 Å². The van der Waals surface area contributed by atoms with Gasteiger partial charge in [-0.1, -0.05) is 41.9 Å². The van der Waals surface area contributed by atoms with Gasteiger partial charge in [-0.2, -0.15) is 0 Å². The van der Waals surface area contributed by atoms with Crippen molar-refractivity contribution < 1.29 is 9.59 Å². The van der Waals surface area contributed by atoms with Gasteiger partial charge in [-0.25, -0.2) is 0 Å². The first-order valence-electron chi connectivity index (χ1n) is 9.23. The molecule has 0 atom stereocenters. The van der Waals surface area contributed by atoms with Gasteiger partial charge in [0.15, 0.2) is 5.11 Å². The normalized spacial score (nSPS) is 17.3. The van der Waals surface area contributed by atoms with Crippen LogP contribution < -0.4 is 10.2 Å². The Morgan fingerprint density at radius 3 is 2.45 bits per heavy atom. The Labute approximate surface area is 177 Å². The van der Waals surface area contributed by atoms with E-state index in [0.29, 0.717) is 10.7 Å². The molecule has 1 aliphatic carbocycles. The zero-order valence-corrected chi connectivity index (χ0v) is 16.8. The number of halogens is 1. The summed E-state index contributed by atoms with van der Waals surface area (Å²) in [6.45, 7) is 0. The van der Waals surface area contributed by atoms with Gasteiger partial charge in [0.1, 0.15) is 5.57 Å². The van der Waals surface area contributed by atoms with Crippen LogP contribution in [0.2, 0.25) is 5.02 Å². The number of thiocarbonyl (C=S) groups is 1. The Balaban J connectivity index is 1.62. The lowest BCUT2D eigenvalue weighted by Crippen LogP contribution is -2.54. The molecule has 1 fully saturated rings. The molecule has 2 amide bonds. The van der Waals surface area contributed by atoms with Crippen LogP contribution in [0.5, 0.6) is 0 Å². The first kappa shape index (κ1) is 18.0. The first-order valence-corrected chi connectivity index (χ1v) is 10.0. The number of amides is 2. The molecule has 2 aliphatic rings. The predicted molar refractivity (Wildman–Crippen MR) is 119 cm³/mol. The molecule has 5 rings (SSSR count). The van der Waals surface area contributed by atoms with E-state index >= 15 is 0 Å². The molecule has 3 aromatic rings. The highest BCUT2D eigenvalue weighted by Gasteiger charge is 2.34. The van der Waals surface area contributed by atoms with Crippen LogP contribution in [0.3, 0.4) is 0 Å². The molecule has 3 aromatic carbocycles. The van der Waals surface area contributed by atoms with Gasteiger partial charge in [0, 0.05) is 5.02 Å². The summed E-state index contributed by atoms with van der Waals surface area (Å²) in [5, 5.41) is 5.52. The maximum atomic E-state index is 13.2. The zero-order chi connectivity index (χ0) is 20.1. The molecular weight excluding hydrogens is 404 g/mol. The van der Waals surface area contributed by atoms with Crippen LogP contribution in [0.25, 0.3) is 16.8 Å². The van der Waals surface area contributed by atoms with Gasteiger partial charge in [0.25, 0.3) is 11.8 Å². The average molecular weight is 419 g/mol. The van der Waals surface area contributed by atoms with Crippen molar-refractivity contribution in [3.63, 3.8) is 0 Å². The number of carbonyl (C=O) groups excluding carboxylic acids is 2. The summed E-state index contributed by atoms with van der Waals surface area (Å²) in [7, 11) is 0. The van der Waals surface area contributed by atoms with E-state index in [1.165, 1.54) is 21.4 Å². The van der Waals surface area contributed by atoms with Gasteiger partial charge >= 0.3 is 0 Å². The van der Waals surface area contributed by atoms with Crippen LogP contribution in [0.4, 0.5) is 5.69 Å². The Bertz CT molecular complexity index is 1240. The minimum atomic E-state index is -0.492. The lowest BCUT2D eigenvalue weighted by Gasteiger charge is -2.29. The Morgan fingerprint density at radius 1 is 0.966 bits per heavy atom. The standard InChI is InChI=1S/C23H15ClN2O2S/c24-16-8-10-17(11-9-16)26-22(28)19(21(27)25-23(26)29)12-15-7-6-14-5-4-13-2-1-3-18(15)20(13)14/h1-3,6-12H,4-5H2,(H,25,27,29)/b19-12+. The van der Waals surface area contributed by atoms with Crippen molar-refractivity contribution in [2.75, 3.05) is 4.90 Å². The second-order valence-corrected chi connectivity index (χ2v) is 7.91. The molecular formula is C23H15ClN2O2S. The summed E-state index contributed by atoms with van der Waals surface area (Å²) >= 11 is 11.2. The lowest BCUT2D eigenvalue weighted by molar-refractivity contribution is -0.122. The fourth-order valence-electron chi connectivity index (χ4n) is 4.03. The number of benzene rings is 3. The Kier molecular flexibility index (Phi) is 4.23. The van der Waals surface area contributed by atoms with Gasteiger partial charge in [-0.05, 0) is 82.9 Å². The van der Waals surface area contributed by atoms with E-state index < -0.39 is 11.8 Å². The fraction of sp³-hybridized carbons (Fsp3) is 0.0870. The number of rotatable bonds is 2. The van der Waals surface area contributed by atoms with Gasteiger partial charge in [-0.3, -0.25) is 19.8 Å². The van der Waals surface area contributed by atoms with Gasteiger partial charge in [0.05, 0.1) is 5.69 Å². The maximum Gasteiger partial charge on any atom is 0.270 e. The number of nitrogens with zero attached hydrogens (tertiary/aromatic N) is 1. The maximum absolute atomic E-state index is 13.2. The SMILES string of the molecule is O=C1NC(=S)N(c2ccc(Cl)cc2)C(=O)/C1=C/c1ccc2c3c(cccc13)CC2. The van der Waals surface area contributed by atoms with Crippen molar-refractivity contribution in [3.8, 4) is 0 Å². The molecule has 0 aromatic heterocycles. The molecule has 0 unspecified atom stereocenters. The quantitative estimate of drug-likeness (QED) is 0.380. The molecule has 142 valence electrons. The smallest absolute Gasteiger partial charge is 0.270 e. The first-order chi connectivity index (χ1) is 14.0. The van der Waals surface area contributed by atoms with Crippen LogP contribution >= 0.6 is 23.8 Å².